The van der Waals surface area contributed by atoms with Gasteiger partial charge in [0.05, 0.1) is 17.2 Å². The van der Waals surface area contributed by atoms with Gasteiger partial charge in [0.2, 0.25) is 5.91 Å². The van der Waals surface area contributed by atoms with E-state index in [0.29, 0.717) is 17.4 Å². The summed E-state index contributed by atoms with van der Waals surface area (Å²) in [7, 11) is 0. The lowest BCUT2D eigenvalue weighted by molar-refractivity contribution is -0.121. The minimum absolute atomic E-state index is 0.0213. The molecule has 0 saturated carbocycles. The van der Waals surface area contributed by atoms with E-state index in [2.05, 4.69) is 45.0 Å². The first-order chi connectivity index (χ1) is 11.0. The molecular formula is C16H21BrN4O2. The van der Waals surface area contributed by atoms with Gasteiger partial charge in [0, 0.05) is 17.6 Å². The number of nitrogens with zero attached hydrogens (tertiary/aromatic N) is 3. The van der Waals surface area contributed by atoms with Crippen molar-refractivity contribution in [3.63, 3.8) is 0 Å². The van der Waals surface area contributed by atoms with E-state index < -0.39 is 0 Å². The Kier molecular flexibility index (Phi) is 6.29. The zero-order valence-electron chi connectivity index (χ0n) is 13.4. The van der Waals surface area contributed by atoms with E-state index in [1.165, 1.54) is 10.9 Å². The Balaban J connectivity index is 2.02. The standard InChI is InChI=1S/C16H21BrN4O2/c1-3-20(4-2)8-7-18-15(22)10-21-11-19-14-6-5-12(17)9-13(14)16(21)23/h5-6,9,11H,3-4,7-8,10H2,1-2H3,(H,18,22). The lowest BCUT2D eigenvalue weighted by Gasteiger charge is -2.18. The molecule has 0 aliphatic rings. The molecule has 0 saturated heterocycles. The van der Waals surface area contributed by atoms with Gasteiger partial charge in [0.15, 0.2) is 0 Å². The normalized spacial score (nSPS) is 11.1. The fraction of sp³-hybridized carbons (Fsp3) is 0.438. The third kappa shape index (κ3) is 4.62. The molecule has 0 bridgehead atoms. The van der Waals surface area contributed by atoms with Crippen LogP contribution >= 0.6 is 15.9 Å². The van der Waals surface area contributed by atoms with Crippen molar-refractivity contribution < 1.29 is 4.79 Å². The average molecular weight is 381 g/mol. The van der Waals surface area contributed by atoms with Crippen LogP contribution in [0.2, 0.25) is 0 Å². The van der Waals surface area contributed by atoms with Crippen LogP contribution in [0.3, 0.4) is 0 Å². The van der Waals surface area contributed by atoms with Crippen molar-refractivity contribution in [1.82, 2.24) is 19.8 Å². The van der Waals surface area contributed by atoms with Crippen LogP contribution in [0.1, 0.15) is 13.8 Å². The van der Waals surface area contributed by atoms with Crippen molar-refractivity contribution in [2.75, 3.05) is 26.2 Å². The van der Waals surface area contributed by atoms with E-state index in [4.69, 9.17) is 0 Å². The van der Waals surface area contributed by atoms with Gasteiger partial charge in [0.1, 0.15) is 6.54 Å². The van der Waals surface area contributed by atoms with E-state index in [0.717, 1.165) is 24.1 Å². The SMILES string of the molecule is CCN(CC)CCNC(=O)Cn1cnc2ccc(Br)cc2c1=O. The van der Waals surface area contributed by atoms with E-state index in [9.17, 15) is 9.59 Å². The van der Waals surface area contributed by atoms with Gasteiger partial charge in [-0.25, -0.2) is 4.98 Å². The smallest absolute Gasteiger partial charge is 0.261 e. The monoisotopic (exact) mass is 380 g/mol. The zero-order chi connectivity index (χ0) is 16.8. The van der Waals surface area contributed by atoms with Gasteiger partial charge in [-0.15, -0.1) is 0 Å². The number of likely N-dealkylation sites (N-methyl/N-ethyl adjacent to an activating group) is 1. The number of hydrogen-bond acceptors (Lipinski definition) is 4. The van der Waals surface area contributed by atoms with Crippen molar-refractivity contribution >= 4 is 32.7 Å². The Hall–Kier alpha value is -1.73. The molecule has 0 radical (unpaired) electrons. The van der Waals surface area contributed by atoms with Gasteiger partial charge < -0.3 is 10.2 Å². The fourth-order valence-corrected chi connectivity index (χ4v) is 2.71. The van der Waals surface area contributed by atoms with Crippen LogP contribution in [0.5, 0.6) is 0 Å². The first kappa shape index (κ1) is 17.6. The maximum absolute atomic E-state index is 12.4. The molecule has 0 atom stereocenters. The molecule has 0 fully saturated rings. The van der Waals surface area contributed by atoms with Gasteiger partial charge in [-0.2, -0.15) is 0 Å². The molecule has 7 heteroatoms. The summed E-state index contributed by atoms with van der Waals surface area (Å²) in [5.74, 6) is -0.185. The number of halogens is 1. The van der Waals surface area contributed by atoms with Crippen LogP contribution in [-0.2, 0) is 11.3 Å². The Labute approximate surface area is 143 Å². The Morgan fingerprint density at radius 1 is 1.35 bits per heavy atom. The van der Waals surface area contributed by atoms with Crippen LogP contribution < -0.4 is 10.9 Å². The molecule has 2 aromatic rings. The number of nitrogens with one attached hydrogen (secondary N) is 1. The molecule has 6 nitrogen and oxygen atoms in total. The maximum Gasteiger partial charge on any atom is 0.261 e. The van der Waals surface area contributed by atoms with Crippen molar-refractivity contribution in [3.8, 4) is 0 Å². The van der Waals surface area contributed by atoms with E-state index in [1.54, 1.807) is 12.1 Å². The molecule has 124 valence electrons. The summed E-state index contributed by atoms with van der Waals surface area (Å²) >= 11 is 3.34. The second kappa shape index (κ2) is 8.21. The number of amides is 1. The molecular weight excluding hydrogens is 360 g/mol. The molecule has 2 rings (SSSR count). The van der Waals surface area contributed by atoms with Gasteiger partial charge in [-0.3, -0.25) is 14.2 Å². The highest BCUT2D eigenvalue weighted by Crippen LogP contribution is 2.14. The molecule has 1 aromatic carbocycles. The van der Waals surface area contributed by atoms with Crippen molar-refractivity contribution in [2.24, 2.45) is 0 Å². The van der Waals surface area contributed by atoms with Gasteiger partial charge in [-0.1, -0.05) is 29.8 Å². The average Bonchev–Trinajstić information content (AvgIpc) is 2.55. The minimum Gasteiger partial charge on any atom is -0.353 e. The lowest BCUT2D eigenvalue weighted by Crippen LogP contribution is -2.37. The number of carbonyl (C=O) groups excluding carboxylic acids is 1. The van der Waals surface area contributed by atoms with E-state index >= 15 is 0 Å². The van der Waals surface area contributed by atoms with Crippen LogP contribution in [0, 0.1) is 0 Å². The molecule has 0 aliphatic heterocycles. The summed E-state index contributed by atoms with van der Waals surface area (Å²) in [5.41, 5.74) is 0.409. The van der Waals surface area contributed by atoms with Crippen molar-refractivity contribution in [3.05, 3.63) is 39.4 Å². The largest absolute Gasteiger partial charge is 0.353 e. The molecule has 23 heavy (non-hydrogen) atoms. The van der Waals surface area contributed by atoms with Crippen LogP contribution in [0.15, 0.2) is 33.8 Å². The summed E-state index contributed by atoms with van der Waals surface area (Å²) in [6, 6.07) is 5.33. The number of aromatic nitrogens is 2. The number of rotatable bonds is 7. The van der Waals surface area contributed by atoms with Crippen LogP contribution in [0.25, 0.3) is 10.9 Å². The molecule has 0 spiro atoms. The number of carbonyl (C=O) groups is 1. The molecule has 0 aliphatic carbocycles. The summed E-state index contributed by atoms with van der Waals surface area (Å²) in [4.78, 5) is 30.9. The quantitative estimate of drug-likeness (QED) is 0.792. The Morgan fingerprint density at radius 2 is 2.09 bits per heavy atom. The summed E-state index contributed by atoms with van der Waals surface area (Å²) in [5, 5.41) is 3.34. The molecule has 0 unspecified atom stereocenters. The van der Waals surface area contributed by atoms with Gasteiger partial charge in [-0.05, 0) is 31.3 Å². The second-order valence-corrected chi connectivity index (χ2v) is 6.13. The third-order valence-corrected chi connectivity index (χ3v) is 4.24. The summed E-state index contributed by atoms with van der Waals surface area (Å²) < 4.78 is 2.15. The number of hydrogen-bond donors (Lipinski definition) is 1. The van der Waals surface area contributed by atoms with E-state index in [-0.39, 0.29) is 18.0 Å². The Bertz CT molecular complexity index is 740. The zero-order valence-corrected chi connectivity index (χ0v) is 15.0. The first-order valence-electron chi connectivity index (χ1n) is 7.69. The van der Waals surface area contributed by atoms with Gasteiger partial charge in [0.25, 0.3) is 5.56 Å². The predicted octanol–water partition coefficient (Wildman–Crippen LogP) is 1.62. The highest BCUT2D eigenvalue weighted by Gasteiger charge is 2.08. The fourth-order valence-electron chi connectivity index (χ4n) is 2.35. The van der Waals surface area contributed by atoms with Gasteiger partial charge >= 0.3 is 0 Å². The topological polar surface area (TPSA) is 67.2 Å². The predicted molar refractivity (Wildman–Crippen MR) is 94.5 cm³/mol. The Morgan fingerprint density at radius 3 is 2.78 bits per heavy atom. The third-order valence-electron chi connectivity index (χ3n) is 3.74. The van der Waals surface area contributed by atoms with Crippen LogP contribution in [0.4, 0.5) is 0 Å². The molecule has 1 N–H and O–H groups in total. The summed E-state index contributed by atoms with van der Waals surface area (Å²) in [6.45, 7) is 7.43. The van der Waals surface area contributed by atoms with Crippen molar-refractivity contribution in [2.45, 2.75) is 20.4 Å². The first-order valence-corrected chi connectivity index (χ1v) is 8.48. The molecule has 1 aromatic heterocycles. The molecule has 1 heterocycles. The maximum atomic E-state index is 12.4. The van der Waals surface area contributed by atoms with Crippen LogP contribution in [-0.4, -0.2) is 46.5 Å². The van der Waals surface area contributed by atoms with Crippen molar-refractivity contribution in [1.29, 1.82) is 0 Å². The number of benzene rings is 1. The highest BCUT2D eigenvalue weighted by molar-refractivity contribution is 9.10. The minimum atomic E-state index is -0.213. The highest BCUT2D eigenvalue weighted by atomic mass is 79.9. The molecule has 1 amide bonds. The second-order valence-electron chi connectivity index (χ2n) is 5.22. The number of fused-ring (bicyclic) bond motifs is 1. The lowest BCUT2D eigenvalue weighted by atomic mass is 10.2. The summed E-state index contributed by atoms with van der Waals surface area (Å²) in [6.07, 6.45) is 1.42. The van der Waals surface area contributed by atoms with E-state index in [1.807, 2.05) is 6.07 Å².